The summed E-state index contributed by atoms with van der Waals surface area (Å²) < 4.78 is 28.3. The third-order valence-corrected chi connectivity index (χ3v) is 3.76. The third kappa shape index (κ3) is 4.39. The predicted molar refractivity (Wildman–Crippen MR) is 75.4 cm³/mol. The molecule has 1 aromatic carbocycles. The zero-order valence-corrected chi connectivity index (χ0v) is 12.0. The van der Waals surface area contributed by atoms with Gasteiger partial charge in [0.2, 0.25) is 5.91 Å². The van der Waals surface area contributed by atoms with E-state index >= 15 is 0 Å². The number of rotatable bonds is 6. The van der Waals surface area contributed by atoms with Crippen molar-refractivity contribution in [3.63, 3.8) is 0 Å². The quantitative estimate of drug-likeness (QED) is 0.844. The van der Waals surface area contributed by atoms with Gasteiger partial charge < -0.3 is 15.4 Å². The molecule has 0 aromatic heterocycles. The molecule has 2 rings (SSSR count). The van der Waals surface area contributed by atoms with Crippen molar-refractivity contribution in [3.8, 4) is 5.75 Å². The summed E-state index contributed by atoms with van der Waals surface area (Å²) in [5, 5.41) is 6.12. The topological polar surface area (TPSA) is 50.4 Å². The molecule has 0 bridgehead atoms. The monoisotopic (exact) mass is 298 g/mol. The van der Waals surface area contributed by atoms with Crippen molar-refractivity contribution in [2.45, 2.75) is 26.4 Å². The van der Waals surface area contributed by atoms with Crippen LogP contribution in [0.5, 0.6) is 5.75 Å². The Bertz CT molecular complexity index is 471. The Kier molecular flexibility index (Phi) is 5.12. The molecule has 1 fully saturated rings. The zero-order chi connectivity index (χ0) is 15.3. The minimum Gasteiger partial charge on any atom is -0.435 e. The molecule has 1 unspecified atom stereocenters. The van der Waals surface area contributed by atoms with Gasteiger partial charge in [-0.1, -0.05) is 12.1 Å². The van der Waals surface area contributed by atoms with E-state index in [0.717, 1.165) is 18.5 Å². The Morgan fingerprint density at radius 1 is 1.43 bits per heavy atom. The van der Waals surface area contributed by atoms with Crippen LogP contribution in [-0.2, 0) is 11.2 Å². The molecule has 116 valence electrons. The van der Waals surface area contributed by atoms with Gasteiger partial charge in [-0.25, -0.2) is 0 Å². The normalized spacial score (nSPS) is 21.5. The van der Waals surface area contributed by atoms with Crippen LogP contribution in [0.3, 0.4) is 0 Å². The van der Waals surface area contributed by atoms with Gasteiger partial charge in [0.1, 0.15) is 5.75 Å². The molecule has 0 aliphatic carbocycles. The smallest absolute Gasteiger partial charge is 0.387 e. The molecule has 21 heavy (non-hydrogen) atoms. The van der Waals surface area contributed by atoms with Crippen molar-refractivity contribution in [2.75, 3.05) is 19.6 Å². The number of benzene rings is 1. The molecular formula is C15H20F2N2O2. The number of ether oxygens (including phenoxy) is 1. The predicted octanol–water partition coefficient (Wildman–Crippen LogP) is 1.95. The van der Waals surface area contributed by atoms with E-state index in [-0.39, 0.29) is 17.1 Å². The van der Waals surface area contributed by atoms with Crippen molar-refractivity contribution in [1.82, 2.24) is 10.6 Å². The summed E-state index contributed by atoms with van der Waals surface area (Å²) in [6.45, 7) is 1.26. The molecule has 4 nitrogen and oxygen atoms in total. The Labute approximate surface area is 122 Å². The maximum Gasteiger partial charge on any atom is 0.387 e. The fourth-order valence-electron chi connectivity index (χ4n) is 2.38. The average Bonchev–Trinajstić information content (AvgIpc) is 2.88. The van der Waals surface area contributed by atoms with Crippen molar-refractivity contribution >= 4 is 5.91 Å². The molecule has 1 amide bonds. The van der Waals surface area contributed by atoms with Crippen molar-refractivity contribution in [2.24, 2.45) is 5.41 Å². The minimum atomic E-state index is -2.81. The van der Waals surface area contributed by atoms with Crippen LogP contribution >= 0.6 is 0 Å². The maximum atomic E-state index is 12.1. The highest BCUT2D eigenvalue weighted by atomic mass is 19.3. The minimum absolute atomic E-state index is 0.0603. The third-order valence-electron chi connectivity index (χ3n) is 3.76. The molecule has 1 aromatic rings. The Balaban J connectivity index is 1.77. The largest absolute Gasteiger partial charge is 0.435 e. The van der Waals surface area contributed by atoms with Crippen molar-refractivity contribution in [3.05, 3.63) is 29.8 Å². The van der Waals surface area contributed by atoms with E-state index in [1.54, 1.807) is 12.1 Å². The fraction of sp³-hybridized carbons (Fsp3) is 0.533. The standard InChI is InChI=1S/C15H20F2N2O2/c1-15(7-9-18-10-15)13(20)19-8-6-11-2-4-12(5-3-11)21-14(16)17/h2-5,14,18H,6-10H2,1H3,(H,19,20). The number of hydrogen-bond acceptors (Lipinski definition) is 3. The van der Waals surface area contributed by atoms with Gasteiger partial charge in [-0.2, -0.15) is 8.78 Å². The highest BCUT2D eigenvalue weighted by molar-refractivity contribution is 5.82. The lowest BCUT2D eigenvalue weighted by atomic mass is 9.89. The Morgan fingerprint density at radius 2 is 2.14 bits per heavy atom. The van der Waals surface area contributed by atoms with Crippen LogP contribution in [0.2, 0.25) is 0 Å². The van der Waals surface area contributed by atoms with Crippen LogP contribution in [0.1, 0.15) is 18.9 Å². The summed E-state index contributed by atoms with van der Waals surface area (Å²) >= 11 is 0. The molecule has 0 saturated carbocycles. The van der Waals surface area contributed by atoms with Crippen LogP contribution in [0, 0.1) is 5.41 Å². The van der Waals surface area contributed by atoms with E-state index in [4.69, 9.17) is 0 Å². The Hall–Kier alpha value is -1.69. The van der Waals surface area contributed by atoms with Gasteiger partial charge in [-0.15, -0.1) is 0 Å². The van der Waals surface area contributed by atoms with Crippen molar-refractivity contribution < 1.29 is 18.3 Å². The lowest BCUT2D eigenvalue weighted by Gasteiger charge is -2.21. The summed E-state index contributed by atoms with van der Waals surface area (Å²) in [6, 6.07) is 6.46. The van der Waals surface area contributed by atoms with Gasteiger partial charge in [0.25, 0.3) is 0 Å². The van der Waals surface area contributed by atoms with Crippen LogP contribution < -0.4 is 15.4 Å². The summed E-state index contributed by atoms with van der Waals surface area (Å²) in [7, 11) is 0. The highest BCUT2D eigenvalue weighted by Gasteiger charge is 2.35. The van der Waals surface area contributed by atoms with Crippen LogP contribution in [0.25, 0.3) is 0 Å². The molecule has 1 aliphatic rings. The second-order valence-electron chi connectivity index (χ2n) is 5.52. The first-order chi connectivity index (χ1) is 9.99. The summed E-state index contributed by atoms with van der Waals surface area (Å²) in [4.78, 5) is 12.1. The molecule has 1 heterocycles. The second kappa shape index (κ2) is 6.85. The van der Waals surface area contributed by atoms with E-state index < -0.39 is 6.61 Å². The molecule has 6 heteroatoms. The van der Waals surface area contributed by atoms with Gasteiger partial charge in [0.15, 0.2) is 0 Å². The van der Waals surface area contributed by atoms with Crippen LogP contribution in [-0.4, -0.2) is 32.2 Å². The van der Waals surface area contributed by atoms with Gasteiger partial charge in [-0.05, 0) is 44.0 Å². The van der Waals surface area contributed by atoms with E-state index in [0.29, 0.717) is 19.5 Å². The van der Waals surface area contributed by atoms with Crippen LogP contribution in [0.4, 0.5) is 8.78 Å². The van der Waals surface area contributed by atoms with Gasteiger partial charge >= 0.3 is 6.61 Å². The second-order valence-corrected chi connectivity index (χ2v) is 5.52. The Morgan fingerprint density at radius 3 is 2.71 bits per heavy atom. The first-order valence-corrected chi connectivity index (χ1v) is 7.02. The number of carbonyl (C=O) groups excluding carboxylic acids is 1. The van der Waals surface area contributed by atoms with E-state index in [1.807, 2.05) is 6.92 Å². The lowest BCUT2D eigenvalue weighted by molar-refractivity contribution is -0.129. The lowest BCUT2D eigenvalue weighted by Crippen LogP contribution is -2.41. The SMILES string of the molecule is CC1(C(=O)NCCc2ccc(OC(F)F)cc2)CCNC1. The van der Waals surface area contributed by atoms with E-state index in [1.165, 1.54) is 12.1 Å². The number of amides is 1. The van der Waals surface area contributed by atoms with Gasteiger partial charge in [0.05, 0.1) is 5.41 Å². The molecular weight excluding hydrogens is 278 g/mol. The van der Waals surface area contributed by atoms with Gasteiger partial charge in [0, 0.05) is 13.1 Å². The number of alkyl halides is 2. The summed E-state index contributed by atoms with van der Waals surface area (Å²) in [5.74, 6) is 0.201. The molecule has 0 spiro atoms. The molecule has 1 saturated heterocycles. The number of carbonyl (C=O) groups is 1. The van der Waals surface area contributed by atoms with E-state index in [9.17, 15) is 13.6 Å². The maximum absolute atomic E-state index is 12.1. The van der Waals surface area contributed by atoms with E-state index in [2.05, 4.69) is 15.4 Å². The van der Waals surface area contributed by atoms with Gasteiger partial charge in [-0.3, -0.25) is 4.79 Å². The molecule has 2 N–H and O–H groups in total. The van der Waals surface area contributed by atoms with Crippen LogP contribution in [0.15, 0.2) is 24.3 Å². The molecule has 1 aliphatic heterocycles. The number of halogens is 2. The summed E-state index contributed by atoms with van der Waals surface area (Å²) in [5.41, 5.74) is 0.640. The average molecular weight is 298 g/mol. The molecule has 1 atom stereocenters. The zero-order valence-electron chi connectivity index (χ0n) is 12.0. The van der Waals surface area contributed by atoms with Crippen molar-refractivity contribution in [1.29, 1.82) is 0 Å². The first kappa shape index (κ1) is 15.7. The number of nitrogens with one attached hydrogen (secondary N) is 2. The highest BCUT2D eigenvalue weighted by Crippen LogP contribution is 2.24. The summed E-state index contributed by atoms with van der Waals surface area (Å²) in [6.07, 6.45) is 1.50. The first-order valence-electron chi connectivity index (χ1n) is 7.02. The molecule has 0 radical (unpaired) electrons. The number of hydrogen-bond donors (Lipinski definition) is 2. The fourth-order valence-corrected chi connectivity index (χ4v) is 2.38.